The van der Waals surface area contributed by atoms with Crippen molar-refractivity contribution in [1.82, 2.24) is 0 Å². The molecule has 0 radical (unpaired) electrons. The largest absolute Gasteiger partial charge is 0.483 e. The van der Waals surface area contributed by atoms with E-state index in [9.17, 15) is 4.79 Å². The Balaban J connectivity index is 2.80. The van der Waals surface area contributed by atoms with Gasteiger partial charge >= 0.3 is 0 Å². The van der Waals surface area contributed by atoms with Crippen LogP contribution in [0, 0.1) is 11.3 Å². The van der Waals surface area contributed by atoms with Crippen LogP contribution in [0.5, 0.6) is 5.75 Å². The van der Waals surface area contributed by atoms with Gasteiger partial charge in [0.05, 0.1) is 10.6 Å². The lowest BCUT2D eigenvalue weighted by Gasteiger charge is -2.12. The zero-order valence-corrected chi connectivity index (χ0v) is 9.91. The Morgan fingerprint density at radius 2 is 2.31 bits per heavy atom. The molecule has 1 rings (SSSR count). The van der Waals surface area contributed by atoms with Crippen LogP contribution in [0.2, 0.25) is 5.02 Å². The van der Waals surface area contributed by atoms with E-state index < -0.39 is 6.10 Å². The smallest absolute Gasteiger partial charge is 0.172 e. The summed E-state index contributed by atoms with van der Waals surface area (Å²) in [6.45, 7) is 3.48. The number of benzene rings is 1. The zero-order chi connectivity index (χ0) is 12.1. The molecule has 1 aromatic carbocycles. The number of nitriles is 1. The van der Waals surface area contributed by atoms with Crippen LogP contribution in [0.15, 0.2) is 18.2 Å². The van der Waals surface area contributed by atoms with Crippen molar-refractivity contribution in [3.63, 3.8) is 0 Å². The summed E-state index contributed by atoms with van der Waals surface area (Å²) in [6, 6.07) is 6.70. The maximum Gasteiger partial charge on any atom is 0.172 e. The molecule has 0 aliphatic carbocycles. The van der Waals surface area contributed by atoms with Crippen molar-refractivity contribution < 1.29 is 9.53 Å². The second-order valence-electron chi connectivity index (χ2n) is 3.33. The second kappa shape index (κ2) is 5.53. The number of halogens is 1. The number of carbonyl (C=O) groups excluding carboxylic acids is 1. The van der Waals surface area contributed by atoms with Crippen molar-refractivity contribution in [2.75, 3.05) is 0 Å². The van der Waals surface area contributed by atoms with Gasteiger partial charge in [0.1, 0.15) is 11.8 Å². The molecule has 0 aliphatic heterocycles. The summed E-state index contributed by atoms with van der Waals surface area (Å²) in [4.78, 5) is 11.3. The van der Waals surface area contributed by atoms with Crippen LogP contribution in [-0.4, -0.2) is 11.9 Å². The summed E-state index contributed by atoms with van der Waals surface area (Å²) in [6.07, 6.45) is -0.0560. The Morgan fingerprint density at radius 3 is 2.81 bits per heavy atom. The number of hydrogen-bond acceptors (Lipinski definition) is 3. The lowest BCUT2D eigenvalue weighted by atomic mass is 10.2. The molecule has 1 aromatic rings. The predicted octanol–water partition coefficient (Wildman–Crippen LogP) is 2.96. The van der Waals surface area contributed by atoms with Crippen LogP contribution in [0.4, 0.5) is 0 Å². The van der Waals surface area contributed by atoms with E-state index in [2.05, 4.69) is 0 Å². The Hall–Kier alpha value is -1.53. The van der Waals surface area contributed by atoms with Gasteiger partial charge in [-0.2, -0.15) is 5.26 Å². The number of ether oxygens (including phenoxy) is 1. The monoisotopic (exact) mass is 237 g/mol. The summed E-state index contributed by atoms with van der Waals surface area (Å²) in [5, 5.41) is 9.02. The molecule has 4 heteroatoms. The third-order valence-corrected chi connectivity index (χ3v) is 2.49. The Labute approximate surface area is 99.6 Å². The van der Waals surface area contributed by atoms with E-state index in [4.69, 9.17) is 21.6 Å². The van der Waals surface area contributed by atoms with Gasteiger partial charge in [0.25, 0.3) is 0 Å². The Morgan fingerprint density at radius 1 is 1.62 bits per heavy atom. The van der Waals surface area contributed by atoms with Gasteiger partial charge in [-0.05, 0) is 19.1 Å². The van der Waals surface area contributed by atoms with E-state index in [1.807, 2.05) is 6.07 Å². The Kier molecular flexibility index (Phi) is 4.33. The second-order valence-corrected chi connectivity index (χ2v) is 3.74. The number of carbonyl (C=O) groups is 1. The molecule has 1 atom stereocenters. The highest BCUT2D eigenvalue weighted by Gasteiger charge is 2.12. The van der Waals surface area contributed by atoms with E-state index >= 15 is 0 Å². The lowest BCUT2D eigenvalue weighted by molar-refractivity contribution is -0.124. The minimum Gasteiger partial charge on any atom is -0.483 e. The molecule has 0 fully saturated rings. The number of Topliss-reactive ketones (excluding diaryl/α,β-unsaturated/α-hetero) is 1. The molecule has 84 valence electrons. The minimum absolute atomic E-state index is 0.0282. The molecule has 0 aliphatic rings. The van der Waals surface area contributed by atoms with Gasteiger partial charge < -0.3 is 4.74 Å². The summed E-state index contributed by atoms with van der Waals surface area (Å²) in [7, 11) is 0. The fraction of sp³-hybridized carbons (Fsp3) is 0.333. The standard InChI is InChI=1S/C12H12ClNO2/c1-3-12(15)8(2)16-10-5-4-9(7-14)11(13)6-10/h4-6,8H,3H2,1-2H3. The van der Waals surface area contributed by atoms with Crippen molar-refractivity contribution in [1.29, 1.82) is 5.26 Å². The van der Waals surface area contributed by atoms with Crippen LogP contribution < -0.4 is 4.74 Å². The lowest BCUT2D eigenvalue weighted by Crippen LogP contribution is -2.22. The molecule has 0 heterocycles. The maximum absolute atomic E-state index is 11.3. The number of hydrogen-bond donors (Lipinski definition) is 0. The first-order valence-corrected chi connectivity index (χ1v) is 5.35. The highest BCUT2D eigenvalue weighted by molar-refractivity contribution is 6.31. The van der Waals surface area contributed by atoms with Gasteiger partial charge in [0, 0.05) is 12.5 Å². The first-order chi connectivity index (χ1) is 7.58. The molecule has 0 saturated carbocycles. The number of rotatable bonds is 4. The third kappa shape index (κ3) is 2.98. The fourth-order valence-corrected chi connectivity index (χ4v) is 1.43. The van der Waals surface area contributed by atoms with Crippen LogP contribution in [-0.2, 0) is 4.79 Å². The average Bonchev–Trinajstić information content (AvgIpc) is 2.28. The molecule has 1 unspecified atom stereocenters. The SMILES string of the molecule is CCC(=O)C(C)Oc1ccc(C#N)c(Cl)c1. The molecule has 0 spiro atoms. The third-order valence-electron chi connectivity index (χ3n) is 2.18. The van der Waals surface area contributed by atoms with E-state index in [0.29, 0.717) is 22.8 Å². The molecule has 0 saturated heterocycles. The number of nitrogens with zero attached hydrogens (tertiary/aromatic N) is 1. The topological polar surface area (TPSA) is 50.1 Å². The van der Waals surface area contributed by atoms with Gasteiger partial charge in [-0.1, -0.05) is 18.5 Å². The minimum atomic E-state index is -0.492. The van der Waals surface area contributed by atoms with E-state index in [1.54, 1.807) is 32.0 Å². The maximum atomic E-state index is 11.3. The summed E-state index contributed by atoms with van der Waals surface area (Å²) in [5.41, 5.74) is 0.392. The molecule has 16 heavy (non-hydrogen) atoms. The van der Waals surface area contributed by atoms with E-state index in [-0.39, 0.29) is 5.78 Å². The fourth-order valence-electron chi connectivity index (χ4n) is 1.22. The van der Waals surface area contributed by atoms with Crippen molar-refractivity contribution in [2.45, 2.75) is 26.4 Å². The van der Waals surface area contributed by atoms with Crippen LogP contribution in [0.25, 0.3) is 0 Å². The average molecular weight is 238 g/mol. The van der Waals surface area contributed by atoms with E-state index in [1.165, 1.54) is 0 Å². The Bertz CT molecular complexity index is 437. The molecule has 0 N–H and O–H groups in total. The van der Waals surface area contributed by atoms with Gasteiger partial charge in [-0.3, -0.25) is 4.79 Å². The molecular formula is C12H12ClNO2. The van der Waals surface area contributed by atoms with Crippen LogP contribution in [0.3, 0.4) is 0 Å². The number of ketones is 1. The zero-order valence-electron chi connectivity index (χ0n) is 9.16. The normalized spacial score (nSPS) is 11.6. The van der Waals surface area contributed by atoms with Gasteiger partial charge in [-0.25, -0.2) is 0 Å². The molecule has 0 bridgehead atoms. The molecule has 0 amide bonds. The van der Waals surface area contributed by atoms with Crippen LogP contribution >= 0.6 is 11.6 Å². The first kappa shape index (κ1) is 12.5. The molecule has 3 nitrogen and oxygen atoms in total. The first-order valence-electron chi connectivity index (χ1n) is 4.97. The quantitative estimate of drug-likeness (QED) is 0.809. The van der Waals surface area contributed by atoms with Crippen molar-refractivity contribution in [3.05, 3.63) is 28.8 Å². The van der Waals surface area contributed by atoms with Crippen molar-refractivity contribution in [3.8, 4) is 11.8 Å². The highest BCUT2D eigenvalue weighted by Crippen LogP contribution is 2.22. The summed E-state index contributed by atoms with van der Waals surface area (Å²) >= 11 is 5.84. The molecule has 0 aromatic heterocycles. The summed E-state index contributed by atoms with van der Waals surface area (Å²) in [5.74, 6) is 0.527. The van der Waals surface area contributed by atoms with Crippen molar-refractivity contribution >= 4 is 17.4 Å². The van der Waals surface area contributed by atoms with Crippen LogP contribution in [0.1, 0.15) is 25.8 Å². The highest BCUT2D eigenvalue weighted by atomic mass is 35.5. The van der Waals surface area contributed by atoms with Gasteiger partial charge in [-0.15, -0.1) is 0 Å². The predicted molar refractivity (Wildman–Crippen MR) is 61.6 cm³/mol. The van der Waals surface area contributed by atoms with Gasteiger partial charge in [0.15, 0.2) is 11.9 Å². The molecular weight excluding hydrogens is 226 g/mol. The van der Waals surface area contributed by atoms with Crippen molar-refractivity contribution in [2.24, 2.45) is 0 Å². The summed E-state index contributed by atoms with van der Waals surface area (Å²) < 4.78 is 5.40. The van der Waals surface area contributed by atoms with Gasteiger partial charge in [0.2, 0.25) is 0 Å². The van der Waals surface area contributed by atoms with E-state index in [0.717, 1.165) is 0 Å².